The molecule has 3 heterocycles. The third-order valence-corrected chi connectivity index (χ3v) is 8.43. The number of aryl methyl sites for hydroxylation is 1. The molecule has 1 aliphatic carbocycles. The molecule has 5 nitrogen and oxygen atoms in total. The molecule has 3 aromatic rings. The van der Waals surface area contributed by atoms with E-state index < -0.39 is 0 Å². The number of pyridine rings is 1. The van der Waals surface area contributed by atoms with Crippen LogP contribution >= 0.6 is 0 Å². The predicted molar refractivity (Wildman–Crippen MR) is 143 cm³/mol. The van der Waals surface area contributed by atoms with Gasteiger partial charge in [0.15, 0.2) is 0 Å². The van der Waals surface area contributed by atoms with Crippen LogP contribution in [0.4, 0.5) is 5.69 Å². The minimum Gasteiger partial charge on any atom is -0.492 e. The van der Waals surface area contributed by atoms with E-state index in [-0.39, 0.29) is 0 Å². The lowest BCUT2D eigenvalue weighted by Crippen LogP contribution is -2.54. The minimum atomic E-state index is 0.542. The second-order valence-electron chi connectivity index (χ2n) is 11.0. The topological polar surface area (TPSA) is 40.6 Å². The first kappa shape index (κ1) is 22.8. The van der Waals surface area contributed by atoms with Gasteiger partial charge in [0.2, 0.25) is 0 Å². The molecule has 2 saturated heterocycles. The van der Waals surface area contributed by atoms with Crippen molar-refractivity contribution in [1.82, 2.24) is 15.2 Å². The van der Waals surface area contributed by atoms with E-state index in [1.165, 1.54) is 25.2 Å². The van der Waals surface area contributed by atoms with Crippen LogP contribution in [-0.4, -0.2) is 61.3 Å². The minimum absolute atomic E-state index is 0.542. The Kier molecular flexibility index (Phi) is 6.15. The lowest BCUT2D eigenvalue weighted by molar-refractivity contribution is 0.178. The van der Waals surface area contributed by atoms with Crippen molar-refractivity contribution in [1.29, 1.82) is 0 Å². The molecule has 2 aromatic carbocycles. The average Bonchev–Trinajstić information content (AvgIpc) is 3.59. The molecule has 1 saturated carbocycles. The van der Waals surface area contributed by atoms with E-state index in [2.05, 4.69) is 82.5 Å². The molecule has 3 fully saturated rings. The summed E-state index contributed by atoms with van der Waals surface area (Å²) in [7, 11) is 0. The number of likely N-dealkylation sites (tertiary alicyclic amines) is 1. The van der Waals surface area contributed by atoms with Gasteiger partial charge in [-0.25, -0.2) is 0 Å². The molecule has 0 radical (unpaired) electrons. The van der Waals surface area contributed by atoms with Gasteiger partial charge < -0.3 is 15.0 Å². The van der Waals surface area contributed by atoms with Crippen molar-refractivity contribution in [3.63, 3.8) is 0 Å². The highest BCUT2D eigenvalue weighted by Gasteiger charge is 2.53. The van der Waals surface area contributed by atoms with Crippen molar-refractivity contribution in [2.45, 2.75) is 45.2 Å². The number of rotatable bonds is 6. The molecule has 35 heavy (non-hydrogen) atoms. The monoisotopic (exact) mass is 470 g/mol. The maximum atomic E-state index is 6.23. The summed E-state index contributed by atoms with van der Waals surface area (Å²) in [6.07, 6.45) is 1.30. The van der Waals surface area contributed by atoms with Crippen LogP contribution in [0, 0.1) is 18.8 Å². The highest BCUT2D eigenvalue weighted by Crippen LogP contribution is 2.58. The standard InChI is InChI=1S/C30H38N4O/c1-20-10-11-26-28(32-20)8-5-9-29(26)35-15-14-33-13-12-25-27(19-33)30(25)23-6-4-7-24(16-23)34-18-21(2)31-17-22(34)3/h4-11,16,21-22,25,27,30-31H,12-15,17-19H2,1-3H3/t21?,22-,25?,27?,30?/m0/s1. The van der Waals surface area contributed by atoms with E-state index in [0.717, 1.165) is 66.3 Å². The largest absolute Gasteiger partial charge is 0.492 e. The van der Waals surface area contributed by atoms with Crippen LogP contribution < -0.4 is 15.0 Å². The third kappa shape index (κ3) is 4.64. The molecule has 6 rings (SSSR count). The number of aromatic nitrogens is 1. The summed E-state index contributed by atoms with van der Waals surface area (Å²) >= 11 is 0. The summed E-state index contributed by atoms with van der Waals surface area (Å²) in [6.45, 7) is 12.9. The first-order valence-electron chi connectivity index (χ1n) is 13.4. The third-order valence-electron chi connectivity index (χ3n) is 8.43. The highest BCUT2D eigenvalue weighted by atomic mass is 16.5. The van der Waals surface area contributed by atoms with Gasteiger partial charge in [-0.1, -0.05) is 18.2 Å². The van der Waals surface area contributed by atoms with Crippen LogP contribution in [0.15, 0.2) is 54.6 Å². The molecule has 0 bridgehead atoms. The van der Waals surface area contributed by atoms with Crippen molar-refractivity contribution >= 4 is 16.6 Å². The van der Waals surface area contributed by atoms with E-state index in [9.17, 15) is 0 Å². The van der Waals surface area contributed by atoms with E-state index >= 15 is 0 Å². The molecule has 5 heteroatoms. The molecule has 1 aromatic heterocycles. The van der Waals surface area contributed by atoms with Crippen molar-refractivity contribution in [3.8, 4) is 5.75 Å². The first-order valence-corrected chi connectivity index (χ1v) is 13.4. The van der Waals surface area contributed by atoms with Gasteiger partial charge in [-0.3, -0.25) is 9.88 Å². The van der Waals surface area contributed by atoms with Gasteiger partial charge in [0.25, 0.3) is 0 Å². The molecule has 0 amide bonds. The molecule has 1 N–H and O–H groups in total. The predicted octanol–water partition coefficient (Wildman–Crippen LogP) is 4.84. The van der Waals surface area contributed by atoms with Crippen molar-refractivity contribution in [2.24, 2.45) is 11.8 Å². The number of piperazine rings is 1. The lowest BCUT2D eigenvalue weighted by Gasteiger charge is -2.39. The normalized spacial score (nSPS) is 28.7. The van der Waals surface area contributed by atoms with E-state index in [4.69, 9.17) is 4.74 Å². The smallest absolute Gasteiger partial charge is 0.128 e. The van der Waals surface area contributed by atoms with Crippen LogP contribution in [0.1, 0.15) is 37.4 Å². The number of hydrogen-bond acceptors (Lipinski definition) is 5. The molecule has 2 aliphatic heterocycles. The van der Waals surface area contributed by atoms with Crippen molar-refractivity contribution in [2.75, 3.05) is 44.2 Å². The number of ether oxygens (including phenoxy) is 1. The summed E-state index contributed by atoms with van der Waals surface area (Å²) in [5, 5.41) is 4.71. The first-order chi connectivity index (χ1) is 17.1. The molecule has 184 valence electrons. The van der Waals surface area contributed by atoms with E-state index in [1.54, 1.807) is 5.56 Å². The Hall–Kier alpha value is -2.63. The quantitative estimate of drug-likeness (QED) is 0.558. The van der Waals surface area contributed by atoms with Crippen LogP contribution in [-0.2, 0) is 0 Å². The van der Waals surface area contributed by atoms with Crippen molar-refractivity contribution in [3.05, 3.63) is 65.9 Å². The second kappa shape index (κ2) is 9.44. The molecule has 5 atom stereocenters. The van der Waals surface area contributed by atoms with Gasteiger partial charge in [0, 0.05) is 55.0 Å². The van der Waals surface area contributed by atoms with Gasteiger partial charge in [-0.2, -0.15) is 0 Å². The van der Waals surface area contributed by atoms with Gasteiger partial charge in [0.05, 0.1) is 5.52 Å². The second-order valence-corrected chi connectivity index (χ2v) is 11.0. The van der Waals surface area contributed by atoms with E-state index in [0.29, 0.717) is 12.1 Å². The van der Waals surface area contributed by atoms with Gasteiger partial charge in [0.1, 0.15) is 12.4 Å². The summed E-state index contributed by atoms with van der Waals surface area (Å²) in [5.74, 6) is 3.32. The van der Waals surface area contributed by atoms with Crippen LogP contribution in [0.5, 0.6) is 5.75 Å². The van der Waals surface area contributed by atoms with Crippen molar-refractivity contribution < 1.29 is 4.74 Å². The Balaban J connectivity index is 1.06. The molecular weight excluding hydrogens is 432 g/mol. The Morgan fingerprint density at radius 1 is 1.03 bits per heavy atom. The summed E-state index contributed by atoms with van der Waals surface area (Å²) in [5.41, 5.74) is 5.00. The number of piperidine rings is 1. The SMILES string of the molecule is Cc1ccc2c(OCCN3CCC4C(C3)C4c3cccc(N4CC(C)NC[C@@H]4C)c3)cccc2n1. The zero-order chi connectivity index (χ0) is 23.9. The maximum absolute atomic E-state index is 6.23. The fraction of sp³-hybridized carbons (Fsp3) is 0.500. The summed E-state index contributed by atoms with van der Waals surface area (Å²) < 4.78 is 6.23. The van der Waals surface area contributed by atoms with Crippen LogP contribution in [0.25, 0.3) is 10.9 Å². The molecule has 3 aliphatic rings. The number of benzene rings is 2. The van der Waals surface area contributed by atoms with Crippen LogP contribution in [0.2, 0.25) is 0 Å². The highest BCUT2D eigenvalue weighted by molar-refractivity contribution is 5.85. The Bertz CT molecular complexity index is 1200. The molecular formula is C30H38N4O. The van der Waals surface area contributed by atoms with Gasteiger partial charge in [-0.05, 0) is 93.5 Å². The van der Waals surface area contributed by atoms with E-state index in [1.807, 2.05) is 13.0 Å². The lowest BCUT2D eigenvalue weighted by atomic mass is 10.0. The number of hydrogen-bond donors (Lipinski definition) is 1. The molecule has 0 spiro atoms. The number of fused-ring (bicyclic) bond motifs is 2. The zero-order valence-corrected chi connectivity index (χ0v) is 21.3. The average molecular weight is 471 g/mol. The van der Waals surface area contributed by atoms with Crippen LogP contribution in [0.3, 0.4) is 0 Å². The number of nitrogens with one attached hydrogen (secondary N) is 1. The number of nitrogens with zero attached hydrogens (tertiary/aromatic N) is 3. The summed E-state index contributed by atoms with van der Waals surface area (Å²) in [6, 6.07) is 20.9. The fourth-order valence-electron chi connectivity index (χ4n) is 6.44. The zero-order valence-electron chi connectivity index (χ0n) is 21.3. The number of anilines is 1. The van der Waals surface area contributed by atoms with Gasteiger partial charge in [-0.15, -0.1) is 0 Å². The van der Waals surface area contributed by atoms with Gasteiger partial charge >= 0.3 is 0 Å². The Morgan fingerprint density at radius 2 is 1.91 bits per heavy atom. The maximum Gasteiger partial charge on any atom is 0.128 e. The fourth-order valence-corrected chi connectivity index (χ4v) is 6.44. The summed E-state index contributed by atoms with van der Waals surface area (Å²) in [4.78, 5) is 9.83. The molecule has 4 unspecified atom stereocenters. The Morgan fingerprint density at radius 3 is 2.83 bits per heavy atom. The Labute approximate surface area is 209 Å².